The summed E-state index contributed by atoms with van der Waals surface area (Å²) in [6, 6.07) is 0.349. The molecule has 15 heavy (non-hydrogen) atoms. The molecular weight excluding hydrogens is 190 g/mol. The van der Waals surface area contributed by atoms with Gasteiger partial charge in [0.25, 0.3) is 0 Å². The highest BCUT2D eigenvalue weighted by molar-refractivity contribution is 5.78. The fourth-order valence-corrected chi connectivity index (χ4v) is 2.80. The van der Waals surface area contributed by atoms with Crippen LogP contribution in [0.25, 0.3) is 0 Å². The van der Waals surface area contributed by atoms with Crippen molar-refractivity contribution < 1.29 is 9.90 Å². The summed E-state index contributed by atoms with van der Waals surface area (Å²) in [5.41, 5.74) is -0.633. The summed E-state index contributed by atoms with van der Waals surface area (Å²) in [5.74, 6) is -0.668. The Hall–Kier alpha value is -0.830. The molecule has 0 bridgehead atoms. The predicted molar refractivity (Wildman–Crippen MR) is 58.8 cm³/mol. The van der Waals surface area contributed by atoms with Gasteiger partial charge in [0, 0.05) is 6.04 Å². The van der Waals surface area contributed by atoms with Crippen molar-refractivity contribution in [3.05, 3.63) is 12.2 Å². The zero-order valence-corrected chi connectivity index (χ0v) is 9.28. The van der Waals surface area contributed by atoms with E-state index >= 15 is 0 Å². The van der Waals surface area contributed by atoms with Gasteiger partial charge in [0.15, 0.2) is 0 Å². The number of likely N-dealkylation sites (tertiary alicyclic amines) is 1. The summed E-state index contributed by atoms with van der Waals surface area (Å²) in [6.07, 6.45) is 9.62. The van der Waals surface area contributed by atoms with Crippen molar-refractivity contribution >= 4 is 5.97 Å². The van der Waals surface area contributed by atoms with Crippen molar-refractivity contribution in [2.24, 2.45) is 0 Å². The molecule has 3 heteroatoms. The van der Waals surface area contributed by atoms with Crippen LogP contribution in [0.15, 0.2) is 12.2 Å². The topological polar surface area (TPSA) is 40.5 Å². The highest BCUT2D eigenvalue weighted by Crippen LogP contribution is 2.34. The zero-order chi connectivity index (χ0) is 10.9. The summed E-state index contributed by atoms with van der Waals surface area (Å²) in [5, 5.41) is 9.31. The van der Waals surface area contributed by atoms with E-state index in [2.05, 4.69) is 17.1 Å². The van der Waals surface area contributed by atoms with E-state index in [0.717, 1.165) is 32.2 Å². The van der Waals surface area contributed by atoms with E-state index in [9.17, 15) is 9.90 Å². The molecule has 2 aliphatic rings. The smallest absolute Gasteiger partial charge is 0.323 e. The molecule has 0 radical (unpaired) electrons. The fraction of sp³-hybridized carbons (Fsp3) is 0.750. The third-order valence-corrected chi connectivity index (χ3v) is 3.79. The highest BCUT2D eigenvalue weighted by atomic mass is 16.4. The molecule has 0 aromatic heterocycles. The molecule has 0 spiro atoms. The number of hydrogen-bond donors (Lipinski definition) is 1. The summed E-state index contributed by atoms with van der Waals surface area (Å²) >= 11 is 0. The maximum Gasteiger partial charge on any atom is 0.323 e. The summed E-state index contributed by atoms with van der Waals surface area (Å²) in [7, 11) is 0. The van der Waals surface area contributed by atoms with E-state index in [4.69, 9.17) is 0 Å². The molecule has 1 heterocycles. The third-order valence-electron chi connectivity index (χ3n) is 3.79. The third kappa shape index (κ3) is 1.81. The number of rotatable bonds is 2. The number of nitrogens with zero attached hydrogens (tertiary/aromatic N) is 1. The van der Waals surface area contributed by atoms with Gasteiger partial charge in [-0.1, -0.05) is 12.2 Å². The molecule has 1 fully saturated rings. The number of carboxylic acids is 1. The number of hydrogen-bond acceptors (Lipinski definition) is 2. The lowest BCUT2D eigenvalue weighted by molar-refractivity contribution is -0.149. The predicted octanol–water partition coefficient (Wildman–Crippen LogP) is 2.03. The van der Waals surface area contributed by atoms with E-state index in [1.54, 1.807) is 0 Å². The lowest BCUT2D eigenvalue weighted by Crippen LogP contribution is -2.52. The van der Waals surface area contributed by atoms with E-state index in [-0.39, 0.29) is 0 Å². The Kier molecular flexibility index (Phi) is 2.83. The van der Waals surface area contributed by atoms with Crippen molar-refractivity contribution in [1.29, 1.82) is 0 Å². The lowest BCUT2D eigenvalue weighted by atomic mass is 9.94. The first kappa shape index (κ1) is 10.7. The van der Waals surface area contributed by atoms with Crippen LogP contribution in [0.4, 0.5) is 0 Å². The molecule has 1 N–H and O–H groups in total. The first-order valence-electron chi connectivity index (χ1n) is 5.81. The van der Waals surface area contributed by atoms with Crippen LogP contribution in [-0.4, -0.2) is 34.1 Å². The van der Waals surface area contributed by atoms with Gasteiger partial charge in [-0.2, -0.15) is 0 Å². The van der Waals surface area contributed by atoms with E-state index < -0.39 is 11.5 Å². The maximum atomic E-state index is 11.3. The average molecular weight is 209 g/mol. The van der Waals surface area contributed by atoms with Crippen LogP contribution < -0.4 is 0 Å². The molecule has 1 saturated heterocycles. The van der Waals surface area contributed by atoms with Crippen LogP contribution in [0.3, 0.4) is 0 Å². The molecule has 1 aliphatic carbocycles. The Morgan fingerprint density at radius 3 is 2.93 bits per heavy atom. The van der Waals surface area contributed by atoms with E-state index in [1.807, 2.05) is 6.92 Å². The van der Waals surface area contributed by atoms with Gasteiger partial charge in [0.1, 0.15) is 5.54 Å². The molecule has 2 rings (SSSR count). The highest BCUT2D eigenvalue weighted by Gasteiger charge is 2.45. The molecule has 2 unspecified atom stereocenters. The SMILES string of the molecule is CC1(C(=O)O)CCCN1C1C=CCCC1. The maximum absolute atomic E-state index is 11.3. The van der Waals surface area contributed by atoms with Crippen molar-refractivity contribution in [3.63, 3.8) is 0 Å². The number of carbonyl (C=O) groups is 1. The Bertz CT molecular complexity index is 287. The average Bonchev–Trinajstić information content (AvgIpc) is 2.63. The second-order valence-corrected chi connectivity index (χ2v) is 4.80. The first-order chi connectivity index (χ1) is 7.14. The van der Waals surface area contributed by atoms with Gasteiger partial charge >= 0.3 is 5.97 Å². The second-order valence-electron chi connectivity index (χ2n) is 4.80. The number of carboxylic acid groups (broad SMARTS) is 1. The van der Waals surface area contributed by atoms with Crippen molar-refractivity contribution in [1.82, 2.24) is 4.90 Å². The normalized spacial score (nSPS) is 37.0. The van der Waals surface area contributed by atoms with Crippen LogP contribution in [0.2, 0.25) is 0 Å². The Morgan fingerprint density at radius 2 is 2.33 bits per heavy atom. The van der Waals surface area contributed by atoms with E-state index in [0.29, 0.717) is 6.04 Å². The molecule has 0 aromatic carbocycles. The zero-order valence-electron chi connectivity index (χ0n) is 9.28. The minimum absolute atomic E-state index is 0.349. The van der Waals surface area contributed by atoms with Crippen LogP contribution in [-0.2, 0) is 4.79 Å². The second kappa shape index (κ2) is 3.97. The van der Waals surface area contributed by atoms with Gasteiger partial charge < -0.3 is 5.11 Å². The van der Waals surface area contributed by atoms with Gasteiger partial charge in [0.05, 0.1) is 0 Å². The van der Waals surface area contributed by atoms with Crippen molar-refractivity contribution in [2.75, 3.05) is 6.54 Å². The van der Waals surface area contributed by atoms with Gasteiger partial charge in [-0.25, -0.2) is 0 Å². The van der Waals surface area contributed by atoms with Crippen molar-refractivity contribution in [2.45, 2.75) is 50.6 Å². The molecule has 2 atom stereocenters. The largest absolute Gasteiger partial charge is 0.480 e. The van der Waals surface area contributed by atoms with Crippen molar-refractivity contribution in [3.8, 4) is 0 Å². The molecule has 0 saturated carbocycles. The van der Waals surface area contributed by atoms with Crippen LogP contribution >= 0.6 is 0 Å². The Labute approximate surface area is 90.8 Å². The van der Waals surface area contributed by atoms with E-state index in [1.165, 1.54) is 6.42 Å². The van der Waals surface area contributed by atoms with Gasteiger partial charge in [0.2, 0.25) is 0 Å². The lowest BCUT2D eigenvalue weighted by Gasteiger charge is -2.37. The monoisotopic (exact) mass is 209 g/mol. The van der Waals surface area contributed by atoms with Crippen LogP contribution in [0.1, 0.15) is 39.0 Å². The minimum Gasteiger partial charge on any atom is -0.480 e. The molecule has 0 aromatic rings. The quantitative estimate of drug-likeness (QED) is 0.707. The fourth-order valence-electron chi connectivity index (χ4n) is 2.80. The molecule has 1 aliphatic heterocycles. The first-order valence-corrected chi connectivity index (χ1v) is 5.81. The van der Waals surface area contributed by atoms with Gasteiger partial charge in [-0.05, 0) is 45.6 Å². The summed E-state index contributed by atoms with van der Waals surface area (Å²) < 4.78 is 0. The van der Waals surface area contributed by atoms with Gasteiger partial charge in [-0.3, -0.25) is 9.69 Å². The Balaban J connectivity index is 2.16. The minimum atomic E-state index is -0.668. The molecule has 3 nitrogen and oxygen atoms in total. The molecule has 0 amide bonds. The number of aliphatic carboxylic acids is 1. The molecular formula is C12H19NO2. The Morgan fingerprint density at radius 1 is 1.53 bits per heavy atom. The van der Waals surface area contributed by atoms with Crippen LogP contribution in [0, 0.1) is 0 Å². The summed E-state index contributed by atoms with van der Waals surface area (Å²) in [6.45, 7) is 2.79. The molecule has 84 valence electrons. The summed E-state index contributed by atoms with van der Waals surface area (Å²) in [4.78, 5) is 13.5. The van der Waals surface area contributed by atoms with Crippen LogP contribution in [0.5, 0.6) is 0 Å². The standard InChI is InChI=1S/C12H19NO2/c1-12(11(14)15)8-5-9-13(12)10-6-3-2-4-7-10/h3,6,10H,2,4-5,7-9H2,1H3,(H,14,15). The number of allylic oxidation sites excluding steroid dienone is 1. The van der Waals surface area contributed by atoms with Gasteiger partial charge in [-0.15, -0.1) is 0 Å².